The Bertz CT molecular complexity index is 761. The molecule has 0 aliphatic rings. The van der Waals surface area contributed by atoms with Crippen LogP contribution in [0, 0.1) is 0 Å². The van der Waals surface area contributed by atoms with Gasteiger partial charge in [0.15, 0.2) is 5.25 Å². The third-order valence-corrected chi connectivity index (χ3v) is 6.40. The van der Waals surface area contributed by atoms with Gasteiger partial charge in [0.25, 0.3) is 10.1 Å². The standard InChI is InChI=1S/C24H43NO9S.2Na.2H/c1-3-4-5-12-15-20(27)16-13-10-8-6-7-9-11-14-17-22(28)34-23(29)18-21(35(31,32)33)24(30)25-19(2)26;;;;/h10,13,19-21,26-27H,3-9,11-12,14-18H2,1-2H3,(H,25,30)(H,31,32,33);;;;/b13-10-;;;;/t19?,20-,21?;;;;/m1..../s1. The summed E-state index contributed by atoms with van der Waals surface area (Å²) >= 11 is 0. The summed E-state index contributed by atoms with van der Waals surface area (Å²) in [5.41, 5.74) is 0. The minimum absolute atomic E-state index is 0. The van der Waals surface area contributed by atoms with Crippen molar-refractivity contribution in [2.24, 2.45) is 0 Å². The molecule has 0 aromatic carbocycles. The van der Waals surface area contributed by atoms with Crippen LogP contribution >= 0.6 is 0 Å². The SMILES string of the molecule is CCCCCC[C@@H](O)C/C=C\CCCCCCCC(=O)OC(=O)CC(C(=O)NC(C)O)S(=O)(=O)O.[NaH].[NaH]. The summed E-state index contributed by atoms with van der Waals surface area (Å²) in [6.07, 6.45) is 12.6. The fourth-order valence-corrected chi connectivity index (χ4v) is 4.05. The first kappa shape index (κ1) is 41.7. The Morgan fingerprint density at radius 2 is 1.49 bits per heavy atom. The predicted molar refractivity (Wildman–Crippen MR) is 146 cm³/mol. The second kappa shape index (κ2) is 25.2. The summed E-state index contributed by atoms with van der Waals surface area (Å²) in [4.78, 5) is 35.3. The van der Waals surface area contributed by atoms with Crippen molar-refractivity contribution in [1.82, 2.24) is 5.32 Å². The van der Waals surface area contributed by atoms with E-state index in [1.165, 1.54) is 19.3 Å². The third-order valence-electron chi connectivity index (χ3n) is 5.30. The zero-order valence-electron chi connectivity index (χ0n) is 21.0. The van der Waals surface area contributed by atoms with Crippen molar-refractivity contribution in [2.45, 2.75) is 121 Å². The van der Waals surface area contributed by atoms with Crippen LogP contribution in [0.3, 0.4) is 0 Å². The molecule has 0 aliphatic heterocycles. The van der Waals surface area contributed by atoms with Gasteiger partial charge >= 0.3 is 71.1 Å². The molecule has 0 aromatic rings. The van der Waals surface area contributed by atoms with Crippen molar-refractivity contribution < 1.29 is 42.3 Å². The van der Waals surface area contributed by atoms with Gasteiger partial charge in [0.05, 0.1) is 12.5 Å². The minimum atomic E-state index is -4.94. The van der Waals surface area contributed by atoms with Crippen LogP contribution < -0.4 is 5.32 Å². The van der Waals surface area contributed by atoms with Crippen molar-refractivity contribution in [3.63, 3.8) is 0 Å². The van der Waals surface area contributed by atoms with Gasteiger partial charge in [-0.2, -0.15) is 8.42 Å². The number of hydrogen-bond donors (Lipinski definition) is 4. The Balaban J connectivity index is -0.00000578. The Morgan fingerprint density at radius 3 is 2.08 bits per heavy atom. The number of nitrogens with one attached hydrogen (secondary N) is 1. The molecule has 0 saturated heterocycles. The average molecular weight is 570 g/mol. The molecule has 0 bridgehead atoms. The summed E-state index contributed by atoms with van der Waals surface area (Å²) in [5.74, 6) is -3.37. The molecule has 208 valence electrons. The zero-order chi connectivity index (χ0) is 26.7. The molecule has 0 rings (SSSR count). The number of unbranched alkanes of at least 4 members (excludes halogenated alkanes) is 8. The van der Waals surface area contributed by atoms with E-state index >= 15 is 0 Å². The van der Waals surface area contributed by atoms with E-state index in [0.29, 0.717) is 12.8 Å². The van der Waals surface area contributed by atoms with Gasteiger partial charge in [-0.1, -0.05) is 64.0 Å². The van der Waals surface area contributed by atoms with E-state index in [2.05, 4.69) is 17.7 Å². The van der Waals surface area contributed by atoms with E-state index in [0.717, 1.165) is 51.9 Å². The van der Waals surface area contributed by atoms with Crippen LogP contribution in [0.5, 0.6) is 0 Å². The van der Waals surface area contributed by atoms with Gasteiger partial charge in [0.1, 0.15) is 6.23 Å². The monoisotopic (exact) mass is 569 g/mol. The Kier molecular flexibility index (Phi) is 28.3. The van der Waals surface area contributed by atoms with Gasteiger partial charge in [-0.25, -0.2) is 0 Å². The van der Waals surface area contributed by atoms with Gasteiger partial charge in [-0.3, -0.25) is 18.9 Å². The summed E-state index contributed by atoms with van der Waals surface area (Å²) in [7, 11) is -4.94. The van der Waals surface area contributed by atoms with Gasteiger partial charge in [-0.15, -0.1) is 0 Å². The first-order valence-electron chi connectivity index (χ1n) is 12.5. The molecule has 2 unspecified atom stereocenters. The molecule has 0 radical (unpaired) electrons. The number of esters is 2. The zero-order valence-corrected chi connectivity index (χ0v) is 21.8. The van der Waals surface area contributed by atoms with Gasteiger partial charge < -0.3 is 20.3 Å². The molecule has 0 spiro atoms. The van der Waals surface area contributed by atoms with Crippen molar-refractivity contribution in [3.05, 3.63) is 12.2 Å². The fourth-order valence-electron chi connectivity index (χ4n) is 3.36. The van der Waals surface area contributed by atoms with Crippen molar-refractivity contribution in [3.8, 4) is 0 Å². The number of aliphatic hydroxyl groups is 2. The van der Waals surface area contributed by atoms with Crippen LogP contribution in [-0.2, 0) is 29.2 Å². The molecule has 3 atom stereocenters. The van der Waals surface area contributed by atoms with Gasteiger partial charge in [-0.05, 0) is 39.0 Å². The predicted octanol–water partition coefficient (Wildman–Crippen LogP) is 1.87. The maximum absolute atomic E-state index is 11.8. The van der Waals surface area contributed by atoms with Crippen molar-refractivity contribution >= 4 is 87.1 Å². The van der Waals surface area contributed by atoms with Crippen LogP contribution in [0.15, 0.2) is 12.2 Å². The van der Waals surface area contributed by atoms with Crippen molar-refractivity contribution in [1.29, 1.82) is 0 Å². The molecular formula is C24H45NNa2O9S. The number of carbonyl (C=O) groups excluding carboxylic acids is 3. The normalized spacial score (nSPS) is 13.6. The number of carbonyl (C=O) groups is 3. The molecule has 0 heterocycles. The number of rotatable bonds is 20. The number of allylic oxidation sites excluding steroid dienone is 1. The van der Waals surface area contributed by atoms with Crippen LogP contribution in [0.25, 0.3) is 0 Å². The fraction of sp³-hybridized carbons (Fsp3) is 0.792. The van der Waals surface area contributed by atoms with Gasteiger partial charge in [0.2, 0.25) is 5.91 Å². The molecule has 10 nitrogen and oxygen atoms in total. The maximum atomic E-state index is 11.8. The Morgan fingerprint density at radius 1 is 0.892 bits per heavy atom. The summed E-state index contributed by atoms with van der Waals surface area (Å²) in [5, 5.41) is 18.7. The number of hydrogen-bond acceptors (Lipinski definition) is 8. The third kappa shape index (κ3) is 24.9. The molecule has 1 amide bonds. The summed E-state index contributed by atoms with van der Waals surface area (Å²) < 4.78 is 36.3. The topological polar surface area (TPSA) is 167 Å². The van der Waals surface area contributed by atoms with E-state index in [9.17, 15) is 27.9 Å². The van der Waals surface area contributed by atoms with E-state index in [4.69, 9.17) is 9.66 Å². The van der Waals surface area contributed by atoms with Crippen LogP contribution in [0.4, 0.5) is 0 Å². The van der Waals surface area contributed by atoms with Crippen LogP contribution in [0.1, 0.15) is 104 Å². The van der Waals surface area contributed by atoms with E-state index < -0.39 is 45.9 Å². The Labute approximate surface area is 266 Å². The molecule has 0 aromatic heterocycles. The van der Waals surface area contributed by atoms with Crippen LogP contribution in [0.2, 0.25) is 0 Å². The first-order valence-corrected chi connectivity index (χ1v) is 14.0. The van der Waals surface area contributed by atoms with E-state index in [1.54, 1.807) is 0 Å². The van der Waals surface area contributed by atoms with Gasteiger partial charge in [0, 0.05) is 6.42 Å². The quantitative estimate of drug-likeness (QED) is 0.0325. The van der Waals surface area contributed by atoms with Crippen LogP contribution in [-0.4, -0.2) is 118 Å². The summed E-state index contributed by atoms with van der Waals surface area (Å²) in [6, 6.07) is 0. The second-order valence-corrected chi connectivity index (χ2v) is 10.4. The Hall–Kier alpha value is 0.180. The number of amides is 1. The molecule has 0 saturated carbocycles. The number of aliphatic hydroxyl groups excluding tert-OH is 2. The number of ether oxygens (including phenoxy) is 1. The molecule has 0 aliphatic carbocycles. The molecule has 4 N–H and O–H groups in total. The summed E-state index contributed by atoms with van der Waals surface area (Å²) in [6.45, 7) is 3.32. The molecule has 0 fully saturated rings. The van der Waals surface area contributed by atoms with Crippen molar-refractivity contribution in [2.75, 3.05) is 0 Å². The molecule has 37 heavy (non-hydrogen) atoms. The van der Waals surface area contributed by atoms with E-state index in [-0.39, 0.29) is 71.6 Å². The molecular weight excluding hydrogens is 524 g/mol. The second-order valence-electron chi connectivity index (χ2n) is 8.76. The average Bonchev–Trinajstić information content (AvgIpc) is 2.75. The first-order chi connectivity index (χ1) is 16.5. The molecule has 13 heteroatoms. The van der Waals surface area contributed by atoms with E-state index in [1.807, 2.05) is 11.4 Å².